The zero-order chi connectivity index (χ0) is 14.9. The van der Waals surface area contributed by atoms with Gasteiger partial charge in [0.25, 0.3) is 0 Å². The Bertz CT molecular complexity index is 538. The van der Waals surface area contributed by atoms with Gasteiger partial charge in [-0.15, -0.1) is 12.4 Å². The molecule has 1 saturated heterocycles. The summed E-state index contributed by atoms with van der Waals surface area (Å²) in [5, 5.41) is 4.42. The van der Waals surface area contributed by atoms with E-state index in [1.807, 2.05) is 17.0 Å². The van der Waals surface area contributed by atoms with E-state index in [1.54, 1.807) is 6.07 Å². The predicted octanol–water partition coefficient (Wildman–Crippen LogP) is 3.66. The highest BCUT2D eigenvalue weighted by Crippen LogP contribution is 2.46. The van der Waals surface area contributed by atoms with E-state index >= 15 is 0 Å². The second-order valence-electron chi connectivity index (χ2n) is 5.96. The monoisotopic (exact) mass is 362 g/mol. The first-order valence-electron chi connectivity index (χ1n) is 7.59. The number of halogens is 3. The van der Waals surface area contributed by atoms with Gasteiger partial charge < -0.3 is 10.2 Å². The van der Waals surface area contributed by atoms with Crippen LogP contribution in [-0.2, 0) is 10.2 Å². The molecule has 0 spiro atoms. The van der Waals surface area contributed by atoms with Crippen molar-refractivity contribution in [3.63, 3.8) is 0 Å². The maximum Gasteiger partial charge on any atom is 0.233 e. The number of carbonyl (C=O) groups is 1. The van der Waals surface area contributed by atoms with E-state index in [-0.39, 0.29) is 23.7 Å². The predicted molar refractivity (Wildman–Crippen MR) is 93.3 cm³/mol. The number of amides is 1. The van der Waals surface area contributed by atoms with Crippen molar-refractivity contribution in [3.05, 3.63) is 33.8 Å². The number of nitrogens with one attached hydrogen (secondary N) is 1. The summed E-state index contributed by atoms with van der Waals surface area (Å²) in [5.41, 5.74) is 0.642. The Balaban J connectivity index is 0.00000176. The highest BCUT2D eigenvalue weighted by atomic mass is 35.5. The molecule has 1 N–H and O–H groups in total. The highest BCUT2D eigenvalue weighted by molar-refractivity contribution is 6.42. The molecule has 0 aromatic heterocycles. The molecule has 1 heterocycles. The number of nitrogens with zero attached hydrogens (tertiary/aromatic N) is 1. The Morgan fingerprint density at radius 2 is 1.86 bits per heavy atom. The molecule has 122 valence electrons. The minimum atomic E-state index is -0.376. The summed E-state index contributed by atoms with van der Waals surface area (Å²) in [6.45, 7) is 3.50. The summed E-state index contributed by atoms with van der Waals surface area (Å²) in [6.07, 6.45) is 3.93. The number of rotatable bonds is 2. The average Bonchev–Trinajstić information content (AvgIpc) is 2.70. The van der Waals surface area contributed by atoms with Crippen LogP contribution in [0.4, 0.5) is 0 Å². The van der Waals surface area contributed by atoms with Gasteiger partial charge in [-0.3, -0.25) is 4.79 Å². The first-order valence-corrected chi connectivity index (χ1v) is 8.35. The second kappa shape index (κ2) is 7.39. The van der Waals surface area contributed by atoms with Gasteiger partial charge >= 0.3 is 0 Å². The lowest BCUT2D eigenvalue weighted by molar-refractivity contribution is -0.140. The number of hydrogen-bond donors (Lipinski definition) is 1. The number of hydrogen-bond acceptors (Lipinski definition) is 2. The van der Waals surface area contributed by atoms with E-state index in [1.165, 1.54) is 0 Å². The molecule has 0 bridgehead atoms. The fraction of sp³-hybridized carbons (Fsp3) is 0.562. The van der Waals surface area contributed by atoms with Crippen molar-refractivity contribution >= 4 is 41.5 Å². The van der Waals surface area contributed by atoms with Gasteiger partial charge in [0, 0.05) is 19.6 Å². The molecule has 1 aromatic rings. The number of carbonyl (C=O) groups excluding carboxylic acids is 1. The third kappa shape index (κ3) is 3.23. The minimum absolute atomic E-state index is 0. The summed E-state index contributed by atoms with van der Waals surface area (Å²) < 4.78 is 0. The van der Waals surface area contributed by atoms with Crippen LogP contribution in [0, 0.1) is 0 Å². The summed E-state index contributed by atoms with van der Waals surface area (Å²) in [4.78, 5) is 15.1. The molecular weight excluding hydrogens is 343 g/mol. The second-order valence-corrected chi connectivity index (χ2v) is 6.77. The van der Waals surface area contributed by atoms with Crippen molar-refractivity contribution in [3.8, 4) is 0 Å². The molecule has 0 unspecified atom stereocenters. The Morgan fingerprint density at radius 1 is 1.09 bits per heavy atom. The van der Waals surface area contributed by atoms with E-state index in [0.717, 1.165) is 57.4 Å². The average molecular weight is 364 g/mol. The molecular formula is C16H21Cl3N2O. The van der Waals surface area contributed by atoms with Gasteiger partial charge in [0.15, 0.2) is 0 Å². The molecule has 22 heavy (non-hydrogen) atoms. The number of benzene rings is 1. The molecule has 1 aromatic carbocycles. The molecule has 3 nitrogen and oxygen atoms in total. The summed E-state index contributed by atoms with van der Waals surface area (Å²) in [5.74, 6) is 0.260. The molecule has 1 saturated carbocycles. The molecule has 1 aliphatic heterocycles. The van der Waals surface area contributed by atoms with Crippen LogP contribution in [0.2, 0.25) is 10.0 Å². The Kier molecular flexibility index (Phi) is 6.00. The van der Waals surface area contributed by atoms with E-state index < -0.39 is 0 Å². The standard InChI is InChI=1S/C16H20Cl2N2O.ClH/c17-13-4-3-12(11-14(13)18)16(5-1-6-16)15(21)20-9-2-7-19-8-10-20;/h3-4,11,19H,1-2,5-10H2;1H. The quantitative estimate of drug-likeness (QED) is 0.869. The Labute approximate surface area is 147 Å². The van der Waals surface area contributed by atoms with E-state index in [9.17, 15) is 4.79 Å². The van der Waals surface area contributed by atoms with E-state index in [0.29, 0.717) is 10.0 Å². The lowest BCUT2D eigenvalue weighted by Gasteiger charge is -2.44. The van der Waals surface area contributed by atoms with Crippen molar-refractivity contribution in [1.29, 1.82) is 0 Å². The van der Waals surface area contributed by atoms with Crippen molar-refractivity contribution in [1.82, 2.24) is 10.2 Å². The molecule has 0 atom stereocenters. The molecule has 2 fully saturated rings. The van der Waals surface area contributed by atoms with Gasteiger partial charge in [-0.25, -0.2) is 0 Å². The van der Waals surface area contributed by atoms with Crippen molar-refractivity contribution < 1.29 is 4.79 Å². The van der Waals surface area contributed by atoms with E-state index in [4.69, 9.17) is 23.2 Å². The minimum Gasteiger partial charge on any atom is -0.341 e. The van der Waals surface area contributed by atoms with Crippen LogP contribution in [0.5, 0.6) is 0 Å². The van der Waals surface area contributed by atoms with Crippen molar-refractivity contribution in [2.24, 2.45) is 0 Å². The van der Waals surface area contributed by atoms with Gasteiger partial charge in [0.1, 0.15) is 0 Å². The van der Waals surface area contributed by atoms with Crippen LogP contribution in [0.25, 0.3) is 0 Å². The van der Waals surface area contributed by atoms with Crippen molar-refractivity contribution in [2.45, 2.75) is 31.1 Å². The first kappa shape index (κ1) is 17.9. The smallest absolute Gasteiger partial charge is 0.233 e. The zero-order valence-electron chi connectivity index (χ0n) is 12.4. The third-order valence-corrected chi connectivity index (χ3v) is 5.46. The molecule has 1 aliphatic carbocycles. The van der Waals surface area contributed by atoms with Crippen LogP contribution >= 0.6 is 35.6 Å². The Hall–Kier alpha value is -0.480. The first-order chi connectivity index (χ1) is 10.1. The molecule has 0 radical (unpaired) electrons. The Morgan fingerprint density at radius 3 is 2.50 bits per heavy atom. The van der Waals surface area contributed by atoms with Gasteiger partial charge in [-0.1, -0.05) is 35.7 Å². The van der Waals surface area contributed by atoms with E-state index in [2.05, 4.69) is 5.32 Å². The van der Waals surface area contributed by atoms with Crippen molar-refractivity contribution in [2.75, 3.05) is 26.2 Å². The van der Waals surface area contributed by atoms with Crippen LogP contribution in [0.1, 0.15) is 31.2 Å². The maximum atomic E-state index is 13.1. The van der Waals surface area contributed by atoms with Crippen LogP contribution in [0.15, 0.2) is 18.2 Å². The summed E-state index contributed by atoms with van der Waals surface area (Å²) >= 11 is 12.2. The van der Waals surface area contributed by atoms with Crippen LogP contribution in [-0.4, -0.2) is 37.0 Å². The lowest BCUT2D eigenvalue weighted by Crippen LogP contribution is -2.51. The third-order valence-electron chi connectivity index (χ3n) is 4.72. The molecule has 3 rings (SSSR count). The van der Waals surface area contributed by atoms with Gasteiger partial charge in [0.05, 0.1) is 15.5 Å². The summed E-state index contributed by atoms with van der Waals surface area (Å²) in [6, 6.07) is 5.63. The largest absolute Gasteiger partial charge is 0.341 e. The zero-order valence-corrected chi connectivity index (χ0v) is 14.7. The lowest BCUT2D eigenvalue weighted by atomic mass is 9.63. The SMILES string of the molecule is Cl.O=C(N1CCCNCC1)C1(c2ccc(Cl)c(Cl)c2)CCC1. The molecule has 6 heteroatoms. The van der Waals surface area contributed by atoms with Crippen LogP contribution < -0.4 is 5.32 Å². The normalized spacial score (nSPS) is 20.5. The van der Waals surface area contributed by atoms with Crippen LogP contribution in [0.3, 0.4) is 0 Å². The van der Waals surface area contributed by atoms with Gasteiger partial charge in [0.2, 0.25) is 5.91 Å². The van der Waals surface area contributed by atoms with Gasteiger partial charge in [-0.2, -0.15) is 0 Å². The summed E-state index contributed by atoms with van der Waals surface area (Å²) in [7, 11) is 0. The highest BCUT2D eigenvalue weighted by Gasteiger charge is 2.47. The molecule has 2 aliphatic rings. The molecule has 1 amide bonds. The fourth-order valence-electron chi connectivity index (χ4n) is 3.30. The fourth-order valence-corrected chi connectivity index (χ4v) is 3.60. The maximum absolute atomic E-state index is 13.1. The topological polar surface area (TPSA) is 32.3 Å². The van der Waals surface area contributed by atoms with Gasteiger partial charge in [-0.05, 0) is 43.5 Å².